The highest BCUT2D eigenvalue weighted by Gasteiger charge is 2.24. The van der Waals surface area contributed by atoms with E-state index in [0.717, 1.165) is 50.1 Å². The van der Waals surface area contributed by atoms with Crippen molar-refractivity contribution in [1.82, 2.24) is 5.32 Å². The first-order valence-corrected chi connectivity index (χ1v) is 9.52. The fraction of sp³-hybridized carbons (Fsp3) is 0.600. The second-order valence-electron chi connectivity index (χ2n) is 6.71. The topological polar surface area (TPSA) is 61.4 Å². The van der Waals surface area contributed by atoms with Gasteiger partial charge in [0.1, 0.15) is 0 Å². The summed E-state index contributed by atoms with van der Waals surface area (Å²) >= 11 is 0. The molecule has 1 aliphatic rings. The van der Waals surface area contributed by atoms with E-state index in [1.165, 1.54) is 0 Å². The fourth-order valence-corrected chi connectivity index (χ4v) is 3.38. The highest BCUT2D eigenvalue weighted by molar-refractivity contribution is 5.92. The normalized spacial score (nSPS) is 15.3. The van der Waals surface area contributed by atoms with Gasteiger partial charge in [-0.1, -0.05) is 13.8 Å². The van der Waals surface area contributed by atoms with Crippen LogP contribution in [0, 0.1) is 11.8 Å². The quantitative estimate of drug-likeness (QED) is 0.796. The fourth-order valence-electron chi connectivity index (χ4n) is 3.38. The summed E-state index contributed by atoms with van der Waals surface area (Å²) in [6, 6.07) is 8.03. The van der Waals surface area contributed by atoms with Crippen LogP contribution in [-0.4, -0.2) is 31.4 Å². The second-order valence-corrected chi connectivity index (χ2v) is 6.71. The van der Waals surface area contributed by atoms with Crippen LogP contribution in [0.25, 0.3) is 0 Å². The molecule has 0 spiro atoms. The molecule has 1 aromatic rings. The van der Waals surface area contributed by atoms with Crippen molar-refractivity contribution in [2.45, 2.75) is 46.5 Å². The zero-order chi connectivity index (χ0) is 18.2. The van der Waals surface area contributed by atoms with Gasteiger partial charge in [0.15, 0.2) is 0 Å². The van der Waals surface area contributed by atoms with Gasteiger partial charge < -0.3 is 15.5 Å². The number of nitrogens with one attached hydrogen (secondary N) is 2. The number of anilines is 2. The van der Waals surface area contributed by atoms with Crippen molar-refractivity contribution >= 4 is 23.2 Å². The predicted molar refractivity (Wildman–Crippen MR) is 103 cm³/mol. The van der Waals surface area contributed by atoms with Crippen molar-refractivity contribution in [3.05, 3.63) is 24.3 Å². The summed E-state index contributed by atoms with van der Waals surface area (Å²) in [5, 5.41) is 5.92. The van der Waals surface area contributed by atoms with E-state index in [0.29, 0.717) is 6.54 Å². The summed E-state index contributed by atoms with van der Waals surface area (Å²) < 4.78 is 0. The molecule has 1 saturated heterocycles. The van der Waals surface area contributed by atoms with Crippen LogP contribution in [0.15, 0.2) is 24.3 Å². The molecule has 0 atom stereocenters. The molecule has 138 valence electrons. The van der Waals surface area contributed by atoms with Crippen LogP contribution in [-0.2, 0) is 9.59 Å². The van der Waals surface area contributed by atoms with Crippen molar-refractivity contribution in [2.75, 3.05) is 29.9 Å². The van der Waals surface area contributed by atoms with Crippen molar-refractivity contribution in [1.29, 1.82) is 0 Å². The molecule has 2 N–H and O–H groups in total. The van der Waals surface area contributed by atoms with Gasteiger partial charge in [0.05, 0.1) is 0 Å². The van der Waals surface area contributed by atoms with E-state index in [9.17, 15) is 9.59 Å². The number of amides is 2. The minimum absolute atomic E-state index is 0.0768. The average Bonchev–Trinajstić information content (AvgIpc) is 2.64. The summed E-state index contributed by atoms with van der Waals surface area (Å²) in [6.45, 7) is 8.52. The minimum atomic E-state index is 0.0768. The maximum absolute atomic E-state index is 12.2. The third kappa shape index (κ3) is 5.21. The van der Waals surface area contributed by atoms with E-state index in [1.807, 2.05) is 32.9 Å². The van der Waals surface area contributed by atoms with Crippen LogP contribution < -0.4 is 15.5 Å². The number of carbonyl (C=O) groups is 2. The SMILES string of the molecule is CCNC(=O)C1CCN(c2ccc(NC(=O)C(CC)CC)cc2)CC1. The molecule has 5 heteroatoms. The van der Waals surface area contributed by atoms with E-state index in [1.54, 1.807) is 0 Å². The van der Waals surface area contributed by atoms with E-state index in [2.05, 4.69) is 27.7 Å². The Kier molecular flexibility index (Phi) is 7.29. The Balaban J connectivity index is 1.88. The first kappa shape index (κ1) is 19.3. The standard InChI is InChI=1S/C20H31N3O2/c1-4-15(5-2)20(25)22-17-7-9-18(10-8-17)23-13-11-16(12-14-23)19(24)21-6-3/h7-10,15-16H,4-6,11-14H2,1-3H3,(H,21,24)(H,22,25). The molecule has 0 aromatic heterocycles. The maximum Gasteiger partial charge on any atom is 0.227 e. The molecule has 0 radical (unpaired) electrons. The minimum Gasteiger partial charge on any atom is -0.371 e. The molecule has 0 aliphatic carbocycles. The van der Waals surface area contributed by atoms with Crippen LogP contribution in [0.1, 0.15) is 46.5 Å². The van der Waals surface area contributed by atoms with Crippen molar-refractivity contribution in [3.8, 4) is 0 Å². The second kappa shape index (κ2) is 9.44. The van der Waals surface area contributed by atoms with Gasteiger partial charge in [-0.3, -0.25) is 9.59 Å². The zero-order valence-corrected chi connectivity index (χ0v) is 15.7. The first-order chi connectivity index (χ1) is 12.1. The Bertz CT molecular complexity index is 559. The largest absolute Gasteiger partial charge is 0.371 e. The van der Waals surface area contributed by atoms with E-state index in [4.69, 9.17) is 0 Å². The van der Waals surface area contributed by atoms with Crippen LogP contribution in [0.2, 0.25) is 0 Å². The Labute approximate surface area is 151 Å². The van der Waals surface area contributed by atoms with Gasteiger partial charge in [0.25, 0.3) is 0 Å². The molecule has 1 fully saturated rings. The molecular formula is C20H31N3O2. The number of hydrogen-bond donors (Lipinski definition) is 2. The van der Waals surface area contributed by atoms with Gasteiger partial charge in [-0.05, 0) is 56.9 Å². The molecule has 1 heterocycles. The number of carbonyl (C=O) groups excluding carboxylic acids is 2. The third-order valence-corrected chi connectivity index (χ3v) is 5.07. The van der Waals surface area contributed by atoms with Crippen LogP contribution >= 0.6 is 0 Å². The monoisotopic (exact) mass is 345 g/mol. The van der Waals surface area contributed by atoms with Crippen molar-refractivity contribution in [2.24, 2.45) is 11.8 Å². The summed E-state index contributed by atoms with van der Waals surface area (Å²) in [5.41, 5.74) is 1.99. The van der Waals surface area contributed by atoms with Gasteiger partial charge in [-0.25, -0.2) is 0 Å². The Morgan fingerprint density at radius 2 is 1.68 bits per heavy atom. The zero-order valence-electron chi connectivity index (χ0n) is 15.7. The van der Waals surface area contributed by atoms with Gasteiger partial charge in [0, 0.05) is 42.8 Å². The number of rotatable bonds is 7. The number of benzene rings is 1. The summed E-state index contributed by atoms with van der Waals surface area (Å²) in [6.07, 6.45) is 3.50. The van der Waals surface area contributed by atoms with Gasteiger partial charge in [0.2, 0.25) is 11.8 Å². The summed E-state index contributed by atoms with van der Waals surface area (Å²) in [5.74, 6) is 0.491. The summed E-state index contributed by atoms with van der Waals surface area (Å²) in [7, 11) is 0. The smallest absolute Gasteiger partial charge is 0.227 e. The van der Waals surface area contributed by atoms with Crippen LogP contribution in [0.4, 0.5) is 11.4 Å². The molecule has 0 unspecified atom stereocenters. The molecule has 2 rings (SSSR count). The first-order valence-electron chi connectivity index (χ1n) is 9.52. The van der Waals surface area contributed by atoms with E-state index < -0.39 is 0 Å². The van der Waals surface area contributed by atoms with E-state index in [-0.39, 0.29) is 23.7 Å². The van der Waals surface area contributed by atoms with Gasteiger partial charge >= 0.3 is 0 Å². The lowest BCUT2D eigenvalue weighted by Gasteiger charge is -2.33. The maximum atomic E-state index is 12.2. The van der Waals surface area contributed by atoms with Crippen molar-refractivity contribution in [3.63, 3.8) is 0 Å². The molecule has 1 aromatic carbocycles. The van der Waals surface area contributed by atoms with E-state index >= 15 is 0 Å². The van der Waals surface area contributed by atoms with Gasteiger partial charge in [-0.2, -0.15) is 0 Å². The summed E-state index contributed by atoms with van der Waals surface area (Å²) in [4.78, 5) is 26.4. The number of hydrogen-bond acceptors (Lipinski definition) is 3. The lowest BCUT2D eigenvalue weighted by atomic mass is 9.95. The molecule has 2 amide bonds. The Morgan fingerprint density at radius 3 is 2.20 bits per heavy atom. The van der Waals surface area contributed by atoms with Crippen LogP contribution in [0.3, 0.4) is 0 Å². The van der Waals surface area contributed by atoms with Crippen LogP contribution in [0.5, 0.6) is 0 Å². The third-order valence-electron chi connectivity index (χ3n) is 5.07. The Hall–Kier alpha value is -2.04. The predicted octanol–water partition coefficient (Wildman–Crippen LogP) is 3.41. The number of nitrogens with zero attached hydrogens (tertiary/aromatic N) is 1. The lowest BCUT2D eigenvalue weighted by Crippen LogP contribution is -2.40. The lowest BCUT2D eigenvalue weighted by molar-refractivity contribution is -0.125. The average molecular weight is 345 g/mol. The highest BCUT2D eigenvalue weighted by atomic mass is 16.2. The highest BCUT2D eigenvalue weighted by Crippen LogP contribution is 2.25. The molecule has 0 saturated carbocycles. The Morgan fingerprint density at radius 1 is 1.08 bits per heavy atom. The molecule has 5 nitrogen and oxygen atoms in total. The van der Waals surface area contributed by atoms with Gasteiger partial charge in [-0.15, -0.1) is 0 Å². The molecule has 1 aliphatic heterocycles. The van der Waals surface area contributed by atoms with Crippen molar-refractivity contribution < 1.29 is 9.59 Å². The number of piperidine rings is 1. The molecule has 25 heavy (non-hydrogen) atoms. The molecule has 0 bridgehead atoms. The molecular weight excluding hydrogens is 314 g/mol.